The summed E-state index contributed by atoms with van der Waals surface area (Å²) in [4.78, 5) is 15.0. The van der Waals surface area contributed by atoms with Gasteiger partial charge in [0, 0.05) is 41.2 Å². The number of hydrogen-bond acceptors (Lipinski definition) is 5. The summed E-state index contributed by atoms with van der Waals surface area (Å²) in [6.45, 7) is 0.631. The van der Waals surface area contributed by atoms with Gasteiger partial charge >= 0.3 is 0 Å². The number of non-ortho nitro benzene ring substituents is 1. The summed E-state index contributed by atoms with van der Waals surface area (Å²) < 4.78 is 5.90. The van der Waals surface area contributed by atoms with E-state index in [4.69, 9.17) is 4.74 Å². The van der Waals surface area contributed by atoms with Crippen molar-refractivity contribution in [2.24, 2.45) is 0 Å². The zero-order chi connectivity index (χ0) is 20.8. The van der Waals surface area contributed by atoms with Gasteiger partial charge in [-0.05, 0) is 42.7 Å². The monoisotopic (exact) mass is 399 g/mol. The third-order valence-corrected chi connectivity index (χ3v) is 4.77. The molecule has 1 heterocycles. The summed E-state index contributed by atoms with van der Waals surface area (Å²) in [7, 11) is 0. The number of anilines is 2. The smallest absolute Gasteiger partial charge is 0.271 e. The van der Waals surface area contributed by atoms with Crippen LogP contribution < -0.4 is 10.1 Å². The number of nitrogens with one attached hydrogen (secondary N) is 1. The van der Waals surface area contributed by atoms with Gasteiger partial charge in [0.2, 0.25) is 0 Å². The van der Waals surface area contributed by atoms with Gasteiger partial charge in [-0.3, -0.25) is 15.1 Å². The summed E-state index contributed by atoms with van der Waals surface area (Å²) in [6.07, 6.45) is 3.62. The van der Waals surface area contributed by atoms with Crippen molar-refractivity contribution in [2.75, 3.05) is 11.9 Å². The Morgan fingerprint density at radius 1 is 0.967 bits per heavy atom. The highest BCUT2D eigenvalue weighted by Gasteiger charge is 2.08. The lowest BCUT2D eigenvalue weighted by Gasteiger charge is -2.11. The zero-order valence-electron chi connectivity index (χ0n) is 16.3. The molecule has 30 heavy (non-hydrogen) atoms. The second-order valence-electron chi connectivity index (χ2n) is 6.91. The minimum absolute atomic E-state index is 0.0459. The highest BCUT2D eigenvalue weighted by molar-refractivity contribution is 5.93. The van der Waals surface area contributed by atoms with Gasteiger partial charge in [-0.25, -0.2) is 0 Å². The number of aromatic nitrogens is 1. The zero-order valence-corrected chi connectivity index (χ0v) is 16.3. The maximum atomic E-state index is 11.0. The minimum Gasteiger partial charge on any atom is -0.494 e. The lowest BCUT2D eigenvalue weighted by atomic mass is 10.1. The van der Waals surface area contributed by atoms with Gasteiger partial charge in [0.05, 0.1) is 17.0 Å². The standard InChI is InChI=1S/C24H21N3O3/c28-27(29)20-10-4-9-19(16-20)26-23-13-14-25-24-17-21(11-12-22(23)24)30-15-5-8-18-6-2-1-3-7-18/h1-4,6-7,9-14,16-17H,5,8,15H2,(H,25,26). The molecule has 1 aromatic heterocycles. The van der Waals surface area contributed by atoms with E-state index >= 15 is 0 Å². The van der Waals surface area contributed by atoms with Crippen molar-refractivity contribution in [1.29, 1.82) is 0 Å². The topological polar surface area (TPSA) is 77.3 Å². The second kappa shape index (κ2) is 9.05. The van der Waals surface area contributed by atoms with E-state index in [1.54, 1.807) is 18.3 Å². The van der Waals surface area contributed by atoms with Gasteiger partial charge in [-0.2, -0.15) is 0 Å². The first-order valence-electron chi connectivity index (χ1n) is 9.76. The van der Waals surface area contributed by atoms with E-state index in [1.165, 1.54) is 17.7 Å². The maximum absolute atomic E-state index is 11.0. The Morgan fingerprint density at radius 2 is 1.83 bits per heavy atom. The fraction of sp³-hybridized carbons (Fsp3) is 0.125. The number of nitro groups is 1. The Hall–Kier alpha value is -3.93. The molecule has 0 radical (unpaired) electrons. The predicted octanol–water partition coefficient (Wildman–Crippen LogP) is 5.90. The molecular formula is C24H21N3O3. The van der Waals surface area contributed by atoms with Gasteiger partial charge in [0.1, 0.15) is 5.75 Å². The Labute approximate surface area is 174 Å². The number of benzene rings is 3. The molecule has 0 fully saturated rings. The van der Waals surface area contributed by atoms with Crippen LogP contribution in [0.15, 0.2) is 85.1 Å². The summed E-state index contributed by atoms with van der Waals surface area (Å²) in [5, 5.41) is 15.2. The average molecular weight is 399 g/mol. The van der Waals surface area contributed by atoms with E-state index in [9.17, 15) is 10.1 Å². The third kappa shape index (κ3) is 4.72. The Kier molecular flexibility index (Phi) is 5.85. The molecule has 0 saturated carbocycles. The van der Waals surface area contributed by atoms with E-state index in [-0.39, 0.29) is 5.69 Å². The maximum Gasteiger partial charge on any atom is 0.271 e. The molecule has 0 aliphatic heterocycles. The van der Waals surface area contributed by atoms with Crippen LogP contribution in [0.2, 0.25) is 0 Å². The lowest BCUT2D eigenvalue weighted by Crippen LogP contribution is -2.00. The van der Waals surface area contributed by atoms with Crippen LogP contribution in [0.5, 0.6) is 5.75 Å². The normalized spacial score (nSPS) is 10.7. The van der Waals surface area contributed by atoms with Crippen molar-refractivity contribution in [3.8, 4) is 5.75 Å². The highest BCUT2D eigenvalue weighted by Crippen LogP contribution is 2.29. The number of nitro benzene ring substituents is 1. The molecule has 0 aliphatic carbocycles. The van der Waals surface area contributed by atoms with Crippen LogP contribution in [0, 0.1) is 10.1 Å². The van der Waals surface area contributed by atoms with Crippen LogP contribution in [0.25, 0.3) is 10.9 Å². The Bertz CT molecular complexity index is 1160. The third-order valence-electron chi connectivity index (χ3n) is 4.77. The fourth-order valence-corrected chi connectivity index (χ4v) is 3.29. The first-order valence-corrected chi connectivity index (χ1v) is 9.76. The van der Waals surface area contributed by atoms with Crippen molar-refractivity contribution >= 4 is 28.0 Å². The molecule has 150 valence electrons. The van der Waals surface area contributed by atoms with Crippen LogP contribution in [-0.4, -0.2) is 16.5 Å². The number of nitrogens with zero attached hydrogens (tertiary/aromatic N) is 2. The van der Waals surface area contributed by atoms with Crippen LogP contribution >= 0.6 is 0 Å². The molecule has 6 heteroatoms. The minimum atomic E-state index is -0.406. The molecule has 0 bridgehead atoms. The van der Waals surface area contributed by atoms with Crippen LogP contribution in [0.4, 0.5) is 17.1 Å². The summed E-state index contributed by atoms with van der Waals surface area (Å²) in [6, 6.07) is 24.4. The second-order valence-corrected chi connectivity index (χ2v) is 6.91. The summed E-state index contributed by atoms with van der Waals surface area (Å²) >= 11 is 0. The van der Waals surface area contributed by atoms with Crippen LogP contribution in [0.3, 0.4) is 0 Å². The van der Waals surface area contributed by atoms with E-state index in [0.29, 0.717) is 12.3 Å². The molecule has 4 rings (SSSR count). The molecule has 6 nitrogen and oxygen atoms in total. The molecule has 4 aromatic rings. The molecule has 0 atom stereocenters. The van der Waals surface area contributed by atoms with Gasteiger partial charge in [0.25, 0.3) is 5.69 Å². The SMILES string of the molecule is O=[N+]([O-])c1cccc(Nc2ccnc3cc(OCCCc4ccccc4)ccc23)c1. The van der Waals surface area contributed by atoms with E-state index in [2.05, 4.69) is 22.4 Å². The van der Waals surface area contributed by atoms with Gasteiger partial charge < -0.3 is 10.1 Å². The van der Waals surface area contributed by atoms with E-state index in [1.807, 2.05) is 42.5 Å². The molecule has 1 N–H and O–H groups in total. The fourth-order valence-electron chi connectivity index (χ4n) is 3.29. The molecule has 0 saturated heterocycles. The van der Waals surface area contributed by atoms with Crippen molar-refractivity contribution < 1.29 is 9.66 Å². The number of rotatable bonds is 8. The van der Waals surface area contributed by atoms with Crippen LogP contribution in [-0.2, 0) is 6.42 Å². The average Bonchev–Trinajstić information content (AvgIpc) is 2.78. The number of pyridine rings is 1. The van der Waals surface area contributed by atoms with Gasteiger partial charge in [-0.1, -0.05) is 36.4 Å². The van der Waals surface area contributed by atoms with Crippen molar-refractivity contribution in [3.63, 3.8) is 0 Å². The Morgan fingerprint density at radius 3 is 2.67 bits per heavy atom. The molecule has 3 aromatic carbocycles. The molecule has 0 amide bonds. The van der Waals surface area contributed by atoms with Gasteiger partial charge in [-0.15, -0.1) is 0 Å². The largest absolute Gasteiger partial charge is 0.494 e. The number of ether oxygens (including phenoxy) is 1. The van der Waals surface area contributed by atoms with E-state index < -0.39 is 4.92 Å². The molecule has 0 unspecified atom stereocenters. The first-order chi connectivity index (χ1) is 14.7. The van der Waals surface area contributed by atoms with Crippen molar-refractivity contribution in [1.82, 2.24) is 4.98 Å². The van der Waals surface area contributed by atoms with E-state index in [0.717, 1.165) is 35.2 Å². The number of aryl methyl sites for hydroxylation is 1. The number of fused-ring (bicyclic) bond motifs is 1. The van der Waals surface area contributed by atoms with Gasteiger partial charge in [0.15, 0.2) is 0 Å². The van der Waals surface area contributed by atoms with Crippen LogP contribution in [0.1, 0.15) is 12.0 Å². The summed E-state index contributed by atoms with van der Waals surface area (Å²) in [5.74, 6) is 0.774. The van der Waals surface area contributed by atoms with Crippen molar-refractivity contribution in [3.05, 3.63) is 101 Å². The van der Waals surface area contributed by atoms with Crippen molar-refractivity contribution in [2.45, 2.75) is 12.8 Å². The molecule has 0 spiro atoms. The molecular weight excluding hydrogens is 378 g/mol. The Balaban J connectivity index is 1.44. The number of hydrogen-bond donors (Lipinski definition) is 1. The predicted molar refractivity (Wildman–Crippen MR) is 118 cm³/mol. The lowest BCUT2D eigenvalue weighted by molar-refractivity contribution is -0.384. The molecule has 0 aliphatic rings. The highest BCUT2D eigenvalue weighted by atomic mass is 16.6. The quantitative estimate of drug-likeness (QED) is 0.227. The summed E-state index contributed by atoms with van der Waals surface area (Å²) in [5.41, 5.74) is 3.63. The first kappa shape index (κ1) is 19.4.